The van der Waals surface area contributed by atoms with Crippen LogP contribution in [0.1, 0.15) is 30.4 Å². The Hall–Kier alpha value is -3.20. The number of aromatic nitrogens is 4. The van der Waals surface area contributed by atoms with E-state index in [1.165, 1.54) is 6.39 Å². The van der Waals surface area contributed by atoms with E-state index in [0.717, 1.165) is 24.2 Å². The van der Waals surface area contributed by atoms with Gasteiger partial charge < -0.3 is 24.3 Å². The normalized spacial score (nSPS) is 16.9. The van der Waals surface area contributed by atoms with E-state index in [0.29, 0.717) is 30.4 Å². The Morgan fingerprint density at radius 1 is 1.39 bits per heavy atom. The minimum absolute atomic E-state index is 0.0952. The van der Waals surface area contributed by atoms with Crippen molar-refractivity contribution >= 4 is 11.7 Å². The van der Waals surface area contributed by atoms with E-state index in [-0.39, 0.29) is 18.6 Å². The van der Waals surface area contributed by atoms with Gasteiger partial charge in [0, 0.05) is 37.3 Å². The lowest BCUT2D eigenvalue weighted by molar-refractivity contribution is 0.190. The van der Waals surface area contributed by atoms with Crippen molar-refractivity contribution in [3.8, 4) is 11.3 Å². The highest BCUT2D eigenvalue weighted by Gasteiger charge is 2.28. The van der Waals surface area contributed by atoms with Crippen LogP contribution in [-0.4, -0.2) is 48.9 Å². The lowest BCUT2D eigenvalue weighted by atomic mass is 9.97. The summed E-state index contributed by atoms with van der Waals surface area (Å²) in [4.78, 5) is 18.5. The molecular weight excluding hydrogens is 360 g/mol. The van der Waals surface area contributed by atoms with Crippen LogP contribution in [0.25, 0.3) is 11.3 Å². The number of carbonyl (C=O) groups excluding carboxylic acids is 1. The summed E-state index contributed by atoms with van der Waals surface area (Å²) in [7, 11) is 1.84. The predicted molar refractivity (Wildman–Crippen MR) is 101 cm³/mol. The second kappa shape index (κ2) is 7.81. The zero-order valence-electron chi connectivity index (χ0n) is 15.6. The van der Waals surface area contributed by atoms with Gasteiger partial charge in [0.25, 0.3) is 0 Å². The van der Waals surface area contributed by atoms with Gasteiger partial charge >= 0.3 is 6.03 Å². The number of rotatable bonds is 4. The first kappa shape index (κ1) is 18.2. The molecule has 1 atom stereocenters. The number of amides is 2. The molecule has 9 heteroatoms. The number of nitrogens with one attached hydrogen (secondary N) is 1. The van der Waals surface area contributed by atoms with Crippen LogP contribution < -0.4 is 5.32 Å². The van der Waals surface area contributed by atoms with Crippen LogP contribution in [0.5, 0.6) is 0 Å². The first-order valence-electron chi connectivity index (χ1n) is 9.19. The van der Waals surface area contributed by atoms with Crippen LogP contribution >= 0.6 is 0 Å². The summed E-state index contributed by atoms with van der Waals surface area (Å²) in [6, 6.07) is 7.32. The van der Waals surface area contributed by atoms with Gasteiger partial charge in [-0.15, -0.1) is 10.2 Å². The average molecular weight is 382 g/mol. The molecule has 4 rings (SSSR count). The number of carbonyl (C=O) groups is 1. The topological polar surface area (TPSA) is 109 Å². The Bertz CT molecular complexity index is 952. The smallest absolute Gasteiger partial charge is 0.321 e. The summed E-state index contributed by atoms with van der Waals surface area (Å²) < 4.78 is 7.13. The molecule has 0 spiro atoms. The highest BCUT2D eigenvalue weighted by molar-refractivity contribution is 5.90. The lowest BCUT2D eigenvalue weighted by Crippen LogP contribution is -2.42. The number of piperidine rings is 1. The van der Waals surface area contributed by atoms with Crippen molar-refractivity contribution in [1.29, 1.82) is 0 Å². The maximum atomic E-state index is 12.8. The van der Waals surface area contributed by atoms with Gasteiger partial charge in [-0.25, -0.2) is 9.78 Å². The van der Waals surface area contributed by atoms with Crippen molar-refractivity contribution in [2.75, 3.05) is 18.4 Å². The van der Waals surface area contributed by atoms with Crippen molar-refractivity contribution in [3.63, 3.8) is 0 Å². The van der Waals surface area contributed by atoms with E-state index in [2.05, 4.69) is 20.5 Å². The van der Waals surface area contributed by atoms with Crippen LogP contribution in [0.15, 0.2) is 41.3 Å². The summed E-state index contributed by atoms with van der Waals surface area (Å²) in [6.45, 7) is 1.10. The Kier molecular flexibility index (Phi) is 5.07. The molecule has 0 radical (unpaired) electrons. The largest absolute Gasteiger partial charge is 0.444 e. The molecule has 146 valence electrons. The van der Waals surface area contributed by atoms with Crippen LogP contribution in [0.3, 0.4) is 0 Å². The molecule has 1 saturated heterocycles. The van der Waals surface area contributed by atoms with Crippen molar-refractivity contribution in [2.24, 2.45) is 7.05 Å². The summed E-state index contributed by atoms with van der Waals surface area (Å²) >= 11 is 0. The summed E-state index contributed by atoms with van der Waals surface area (Å²) in [5.41, 5.74) is 1.55. The molecule has 1 aliphatic heterocycles. The molecule has 1 unspecified atom stereocenters. The van der Waals surface area contributed by atoms with Crippen molar-refractivity contribution in [2.45, 2.75) is 25.4 Å². The number of nitrogens with zero attached hydrogens (tertiary/aromatic N) is 5. The van der Waals surface area contributed by atoms with Crippen LogP contribution in [0.4, 0.5) is 10.5 Å². The Morgan fingerprint density at radius 3 is 3.04 bits per heavy atom. The maximum absolute atomic E-state index is 12.8. The molecule has 2 aromatic heterocycles. The Labute approximate surface area is 162 Å². The molecule has 28 heavy (non-hydrogen) atoms. The standard InChI is InChI=1S/C19H22N6O3/c1-24-17(11-26)22-23-18(24)14-5-3-7-25(10-14)19(27)21-15-6-2-4-13(8-15)16-9-20-12-28-16/h2,4,6,8-9,12,14,26H,3,5,7,10-11H2,1H3,(H,21,27). The van der Waals surface area contributed by atoms with E-state index in [4.69, 9.17) is 4.42 Å². The van der Waals surface area contributed by atoms with Crippen molar-refractivity contribution in [1.82, 2.24) is 24.6 Å². The number of aliphatic hydroxyl groups excluding tert-OH is 1. The number of likely N-dealkylation sites (tertiary alicyclic amines) is 1. The summed E-state index contributed by atoms with van der Waals surface area (Å²) in [5, 5.41) is 20.5. The number of aliphatic hydroxyl groups is 1. The second-order valence-electron chi connectivity index (χ2n) is 6.85. The third-order valence-electron chi connectivity index (χ3n) is 5.04. The van der Waals surface area contributed by atoms with Gasteiger partial charge in [-0.1, -0.05) is 12.1 Å². The second-order valence-corrected chi connectivity index (χ2v) is 6.85. The average Bonchev–Trinajstić information content (AvgIpc) is 3.38. The Balaban J connectivity index is 1.45. The number of benzene rings is 1. The van der Waals surface area contributed by atoms with Crippen LogP contribution in [0, 0.1) is 0 Å². The number of hydrogen-bond donors (Lipinski definition) is 2. The first-order chi connectivity index (χ1) is 13.7. The predicted octanol–water partition coefficient (Wildman–Crippen LogP) is 2.37. The molecule has 3 aromatic rings. The fourth-order valence-electron chi connectivity index (χ4n) is 3.55. The first-order valence-corrected chi connectivity index (χ1v) is 9.19. The molecule has 0 saturated carbocycles. The van der Waals surface area contributed by atoms with E-state index in [1.807, 2.05) is 35.9 Å². The minimum Gasteiger partial charge on any atom is -0.444 e. The zero-order chi connectivity index (χ0) is 19.5. The van der Waals surface area contributed by atoms with Gasteiger partial charge in [-0.2, -0.15) is 0 Å². The van der Waals surface area contributed by atoms with Gasteiger partial charge in [0.1, 0.15) is 12.4 Å². The van der Waals surface area contributed by atoms with Gasteiger partial charge in [-0.3, -0.25) is 0 Å². The van der Waals surface area contributed by atoms with Crippen molar-refractivity contribution in [3.05, 3.63) is 48.5 Å². The summed E-state index contributed by atoms with van der Waals surface area (Å²) in [6.07, 6.45) is 4.83. The minimum atomic E-state index is -0.151. The quantitative estimate of drug-likeness (QED) is 0.717. The molecule has 2 N–H and O–H groups in total. The molecule has 2 amide bonds. The molecule has 0 bridgehead atoms. The number of urea groups is 1. The Morgan fingerprint density at radius 2 is 2.29 bits per heavy atom. The molecular formula is C19H22N6O3. The summed E-state index contributed by atoms with van der Waals surface area (Å²) in [5.74, 6) is 2.07. The van der Waals surface area contributed by atoms with Gasteiger partial charge in [0.05, 0.1) is 6.20 Å². The van der Waals surface area contributed by atoms with Gasteiger partial charge in [0.2, 0.25) is 0 Å². The van der Waals surface area contributed by atoms with E-state index in [9.17, 15) is 9.90 Å². The number of oxazole rings is 1. The maximum Gasteiger partial charge on any atom is 0.321 e. The molecule has 1 fully saturated rings. The molecule has 3 heterocycles. The van der Waals surface area contributed by atoms with E-state index >= 15 is 0 Å². The zero-order valence-corrected chi connectivity index (χ0v) is 15.6. The number of anilines is 1. The van der Waals surface area contributed by atoms with E-state index < -0.39 is 0 Å². The molecule has 1 aliphatic rings. The fraction of sp³-hybridized carbons (Fsp3) is 0.368. The van der Waals surface area contributed by atoms with E-state index in [1.54, 1.807) is 11.1 Å². The van der Waals surface area contributed by atoms with Gasteiger partial charge in [0.15, 0.2) is 18.0 Å². The molecule has 9 nitrogen and oxygen atoms in total. The third kappa shape index (κ3) is 3.61. The highest BCUT2D eigenvalue weighted by Crippen LogP contribution is 2.27. The fourth-order valence-corrected chi connectivity index (χ4v) is 3.55. The SMILES string of the molecule is Cn1c(CO)nnc1C1CCCN(C(=O)Nc2cccc(-c3cnco3)c2)C1. The third-order valence-corrected chi connectivity index (χ3v) is 5.04. The van der Waals surface area contributed by atoms with Crippen LogP contribution in [-0.2, 0) is 13.7 Å². The van der Waals surface area contributed by atoms with Crippen LogP contribution in [0.2, 0.25) is 0 Å². The lowest BCUT2D eigenvalue weighted by Gasteiger charge is -2.32. The monoisotopic (exact) mass is 382 g/mol. The van der Waals surface area contributed by atoms with Gasteiger partial charge in [-0.05, 0) is 25.0 Å². The van der Waals surface area contributed by atoms with Crippen molar-refractivity contribution < 1.29 is 14.3 Å². The molecule has 1 aromatic carbocycles. The number of hydrogen-bond acceptors (Lipinski definition) is 6. The molecule has 0 aliphatic carbocycles. The highest BCUT2D eigenvalue weighted by atomic mass is 16.3.